The van der Waals surface area contributed by atoms with Gasteiger partial charge in [0, 0.05) is 16.1 Å². The summed E-state index contributed by atoms with van der Waals surface area (Å²) in [7, 11) is 0. The predicted molar refractivity (Wildman–Crippen MR) is 82.1 cm³/mol. The highest BCUT2D eigenvalue weighted by atomic mass is 79.9. The zero-order valence-electron chi connectivity index (χ0n) is 11.0. The maximum Gasteiger partial charge on any atom is 0.191 e. The molecule has 6 heteroatoms. The van der Waals surface area contributed by atoms with Crippen LogP contribution in [-0.4, -0.2) is 25.8 Å². The SMILES string of the molecule is C[C@@H](Sc1nncn1C1CC1)C(=O)c1ccc(Br)cc1. The Hall–Kier alpha value is -1.14. The lowest BCUT2D eigenvalue weighted by Gasteiger charge is -2.10. The summed E-state index contributed by atoms with van der Waals surface area (Å²) in [5.41, 5.74) is 0.727. The Morgan fingerprint density at radius 2 is 2.10 bits per heavy atom. The van der Waals surface area contributed by atoms with Crippen LogP contribution in [0.25, 0.3) is 0 Å². The van der Waals surface area contributed by atoms with Gasteiger partial charge in [-0.25, -0.2) is 0 Å². The molecule has 0 unspecified atom stereocenters. The van der Waals surface area contributed by atoms with Gasteiger partial charge in [0.05, 0.1) is 5.25 Å². The number of rotatable bonds is 5. The summed E-state index contributed by atoms with van der Waals surface area (Å²) in [6, 6.07) is 7.99. The Morgan fingerprint density at radius 1 is 1.40 bits per heavy atom. The van der Waals surface area contributed by atoms with Gasteiger partial charge in [-0.15, -0.1) is 10.2 Å². The van der Waals surface area contributed by atoms with Crippen molar-refractivity contribution < 1.29 is 4.79 Å². The second-order valence-electron chi connectivity index (χ2n) is 4.88. The minimum Gasteiger partial charge on any atom is -0.306 e. The third-order valence-corrected chi connectivity index (χ3v) is 4.86. The fraction of sp³-hybridized carbons (Fsp3) is 0.357. The van der Waals surface area contributed by atoms with E-state index in [9.17, 15) is 4.79 Å². The number of hydrogen-bond acceptors (Lipinski definition) is 4. The molecular weight excluding hydrogens is 338 g/mol. The Bertz CT molecular complexity index is 622. The summed E-state index contributed by atoms with van der Waals surface area (Å²) in [6.45, 7) is 1.92. The van der Waals surface area contributed by atoms with Crippen molar-refractivity contribution in [3.05, 3.63) is 40.6 Å². The van der Waals surface area contributed by atoms with E-state index >= 15 is 0 Å². The molecule has 0 amide bonds. The zero-order chi connectivity index (χ0) is 14.1. The van der Waals surface area contributed by atoms with Gasteiger partial charge in [0.2, 0.25) is 0 Å². The summed E-state index contributed by atoms with van der Waals surface area (Å²) in [6.07, 6.45) is 4.12. The fourth-order valence-corrected chi connectivity index (χ4v) is 3.22. The van der Waals surface area contributed by atoms with Crippen LogP contribution in [0.2, 0.25) is 0 Å². The van der Waals surface area contributed by atoms with Crippen LogP contribution < -0.4 is 0 Å². The Labute approximate surface area is 130 Å². The minimum atomic E-state index is -0.169. The van der Waals surface area contributed by atoms with Gasteiger partial charge < -0.3 is 4.57 Å². The van der Waals surface area contributed by atoms with Crippen molar-refractivity contribution in [2.24, 2.45) is 0 Å². The van der Waals surface area contributed by atoms with Gasteiger partial charge in [0.15, 0.2) is 10.9 Å². The number of thioether (sulfide) groups is 1. The van der Waals surface area contributed by atoms with Crippen LogP contribution in [0.15, 0.2) is 40.2 Å². The van der Waals surface area contributed by atoms with Gasteiger partial charge in [-0.1, -0.05) is 39.8 Å². The Kier molecular flexibility index (Phi) is 3.94. The fourth-order valence-electron chi connectivity index (χ4n) is 1.98. The van der Waals surface area contributed by atoms with Crippen LogP contribution in [0.4, 0.5) is 0 Å². The summed E-state index contributed by atoms with van der Waals surface area (Å²) in [5.74, 6) is 0.118. The molecule has 3 rings (SSSR count). The Morgan fingerprint density at radius 3 is 2.75 bits per heavy atom. The molecular formula is C14H14BrN3OS. The van der Waals surface area contributed by atoms with E-state index in [2.05, 4.69) is 30.7 Å². The van der Waals surface area contributed by atoms with Crippen LogP contribution in [0.3, 0.4) is 0 Å². The first kappa shape index (κ1) is 13.8. The number of aromatic nitrogens is 3. The maximum absolute atomic E-state index is 12.4. The van der Waals surface area contributed by atoms with Gasteiger partial charge in [-0.2, -0.15) is 0 Å². The molecule has 1 heterocycles. The summed E-state index contributed by atoms with van der Waals surface area (Å²) in [4.78, 5) is 12.4. The normalized spacial score (nSPS) is 16.1. The Balaban J connectivity index is 1.72. The third-order valence-electron chi connectivity index (χ3n) is 3.26. The molecule has 0 N–H and O–H groups in total. The van der Waals surface area contributed by atoms with Crippen molar-refractivity contribution in [2.45, 2.75) is 36.2 Å². The average Bonchev–Trinajstić information content (AvgIpc) is 3.19. The second kappa shape index (κ2) is 5.69. The van der Waals surface area contributed by atoms with Crippen molar-refractivity contribution in [3.63, 3.8) is 0 Å². The molecule has 0 aliphatic heterocycles. The van der Waals surface area contributed by atoms with Crippen molar-refractivity contribution >= 4 is 33.5 Å². The molecule has 0 bridgehead atoms. The lowest BCUT2D eigenvalue weighted by molar-refractivity contribution is 0.0994. The molecule has 0 spiro atoms. The number of carbonyl (C=O) groups is 1. The average molecular weight is 352 g/mol. The number of carbonyl (C=O) groups excluding carboxylic acids is 1. The molecule has 2 aromatic rings. The molecule has 1 aromatic carbocycles. The highest BCUT2D eigenvalue weighted by Gasteiger charge is 2.28. The third kappa shape index (κ3) is 2.96. The van der Waals surface area contributed by atoms with Crippen molar-refractivity contribution in [3.8, 4) is 0 Å². The van der Waals surface area contributed by atoms with E-state index < -0.39 is 0 Å². The van der Waals surface area contributed by atoms with Gasteiger partial charge in [0.25, 0.3) is 0 Å². The molecule has 1 fully saturated rings. The van der Waals surface area contributed by atoms with E-state index in [-0.39, 0.29) is 11.0 Å². The van der Waals surface area contributed by atoms with Gasteiger partial charge in [-0.3, -0.25) is 4.79 Å². The number of halogens is 1. The molecule has 1 atom stereocenters. The number of benzene rings is 1. The van der Waals surface area contributed by atoms with Crippen LogP contribution in [0.1, 0.15) is 36.2 Å². The molecule has 20 heavy (non-hydrogen) atoms. The predicted octanol–water partition coefficient (Wildman–Crippen LogP) is 3.74. The summed E-state index contributed by atoms with van der Waals surface area (Å²) in [5, 5.41) is 8.75. The van der Waals surface area contributed by atoms with E-state index in [1.54, 1.807) is 6.33 Å². The largest absolute Gasteiger partial charge is 0.306 e. The van der Waals surface area contributed by atoms with Gasteiger partial charge in [0.1, 0.15) is 6.33 Å². The quantitative estimate of drug-likeness (QED) is 0.608. The van der Waals surface area contributed by atoms with Crippen LogP contribution >= 0.6 is 27.7 Å². The van der Waals surface area contributed by atoms with Crippen molar-refractivity contribution in [1.82, 2.24) is 14.8 Å². The van der Waals surface area contributed by atoms with E-state index in [1.807, 2.05) is 31.2 Å². The van der Waals surface area contributed by atoms with Gasteiger partial charge >= 0.3 is 0 Å². The number of nitrogens with zero attached hydrogens (tertiary/aromatic N) is 3. The van der Waals surface area contributed by atoms with Crippen molar-refractivity contribution in [2.75, 3.05) is 0 Å². The van der Waals surface area contributed by atoms with Crippen molar-refractivity contribution in [1.29, 1.82) is 0 Å². The second-order valence-corrected chi connectivity index (χ2v) is 7.11. The summed E-state index contributed by atoms with van der Waals surface area (Å²) < 4.78 is 3.05. The van der Waals surface area contributed by atoms with Crippen LogP contribution in [0, 0.1) is 0 Å². The number of ketones is 1. The lowest BCUT2D eigenvalue weighted by Crippen LogP contribution is -2.14. The van der Waals surface area contributed by atoms with Gasteiger partial charge in [-0.05, 0) is 31.9 Å². The smallest absolute Gasteiger partial charge is 0.191 e. The van der Waals surface area contributed by atoms with Crippen LogP contribution in [-0.2, 0) is 0 Å². The van der Waals surface area contributed by atoms with E-state index in [1.165, 1.54) is 24.6 Å². The van der Waals surface area contributed by atoms with Crippen LogP contribution in [0.5, 0.6) is 0 Å². The molecule has 0 radical (unpaired) electrons. The maximum atomic E-state index is 12.4. The number of Topliss-reactive ketones (excluding diaryl/α,β-unsaturated/α-hetero) is 1. The lowest BCUT2D eigenvalue weighted by atomic mass is 10.1. The first-order valence-electron chi connectivity index (χ1n) is 6.51. The zero-order valence-corrected chi connectivity index (χ0v) is 13.4. The standard InChI is InChI=1S/C14H14BrN3OS/c1-9(13(19)10-2-4-11(15)5-3-10)20-14-17-16-8-18(14)12-6-7-12/h2-5,8-9,12H,6-7H2,1H3/t9-/m1/s1. The summed E-state index contributed by atoms with van der Waals surface area (Å²) >= 11 is 4.85. The monoisotopic (exact) mass is 351 g/mol. The minimum absolute atomic E-state index is 0.118. The van der Waals surface area contributed by atoms with E-state index in [0.717, 1.165) is 15.2 Å². The first-order chi connectivity index (χ1) is 9.65. The number of hydrogen-bond donors (Lipinski definition) is 0. The first-order valence-corrected chi connectivity index (χ1v) is 8.18. The van der Waals surface area contributed by atoms with E-state index in [0.29, 0.717) is 6.04 Å². The molecule has 1 aliphatic carbocycles. The topological polar surface area (TPSA) is 47.8 Å². The molecule has 0 saturated heterocycles. The molecule has 1 aliphatic rings. The van der Waals surface area contributed by atoms with E-state index in [4.69, 9.17) is 0 Å². The molecule has 1 aromatic heterocycles. The molecule has 104 valence electrons. The molecule has 1 saturated carbocycles. The highest BCUT2D eigenvalue weighted by Crippen LogP contribution is 2.38. The highest BCUT2D eigenvalue weighted by molar-refractivity contribution is 9.10. The molecule has 4 nitrogen and oxygen atoms in total.